The molecule has 0 radical (unpaired) electrons. The molecule has 0 fully saturated rings. The molecule has 2 atom stereocenters. The Morgan fingerprint density at radius 2 is 2.06 bits per heavy atom. The molecule has 4 aromatic rings. The maximum atomic E-state index is 13.3. The van der Waals surface area contributed by atoms with Crippen molar-refractivity contribution in [3.8, 4) is 11.4 Å². The quantitative estimate of drug-likeness (QED) is 0.486. The van der Waals surface area contributed by atoms with Crippen LogP contribution in [0, 0.1) is 6.92 Å². The zero-order valence-electron chi connectivity index (χ0n) is 17.0. The SMILES string of the molecule is Cc1nc(-c2c3c(=O)n(C)c(=O)n(C)c3c3n2CC(CO)SC3c2ccc(Cl)o2)cs1. The molecule has 0 bridgehead atoms. The Morgan fingerprint density at radius 3 is 2.68 bits per heavy atom. The summed E-state index contributed by atoms with van der Waals surface area (Å²) >= 11 is 9.07. The van der Waals surface area contributed by atoms with Gasteiger partial charge in [0.15, 0.2) is 5.22 Å². The van der Waals surface area contributed by atoms with Crippen molar-refractivity contribution in [3.05, 3.63) is 60.0 Å². The van der Waals surface area contributed by atoms with Crippen LogP contribution in [0.25, 0.3) is 22.3 Å². The van der Waals surface area contributed by atoms with Gasteiger partial charge in [-0.15, -0.1) is 23.1 Å². The predicted molar refractivity (Wildman–Crippen MR) is 122 cm³/mol. The summed E-state index contributed by atoms with van der Waals surface area (Å²) < 4.78 is 10.4. The minimum atomic E-state index is -0.405. The number of hydrogen-bond donors (Lipinski definition) is 1. The summed E-state index contributed by atoms with van der Waals surface area (Å²) in [5.41, 5.74) is 1.88. The highest BCUT2D eigenvalue weighted by Crippen LogP contribution is 2.49. The molecule has 11 heteroatoms. The summed E-state index contributed by atoms with van der Waals surface area (Å²) in [5, 5.41) is 13.0. The molecule has 1 aliphatic heterocycles. The highest BCUT2D eigenvalue weighted by atomic mass is 35.5. The maximum Gasteiger partial charge on any atom is 0.331 e. The van der Waals surface area contributed by atoms with Gasteiger partial charge in [0.05, 0.1) is 39.6 Å². The Labute approximate surface area is 189 Å². The van der Waals surface area contributed by atoms with E-state index in [2.05, 4.69) is 4.98 Å². The Bertz CT molecular complexity index is 1440. The molecule has 5 heterocycles. The molecule has 8 nitrogen and oxygen atoms in total. The van der Waals surface area contributed by atoms with Crippen molar-refractivity contribution < 1.29 is 9.52 Å². The first kappa shape index (κ1) is 20.6. The van der Waals surface area contributed by atoms with Gasteiger partial charge in [0, 0.05) is 31.3 Å². The number of aliphatic hydroxyl groups excluding tert-OH is 1. The molecule has 1 N–H and O–H groups in total. The lowest BCUT2D eigenvalue weighted by Crippen LogP contribution is -2.37. The van der Waals surface area contributed by atoms with Crippen LogP contribution < -0.4 is 11.2 Å². The van der Waals surface area contributed by atoms with Crippen LogP contribution in [-0.4, -0.2) is 35.6 Å². The fourth-order valence-electron chi connectivity index (χ4n) is 4.21. The first-order valence-corrected chi connectivity index (χ1v) is 11.8. The molecule has 31 heavy (non-hydrogen) atoms. The van der Waals surface area contributed by atoms with Gasteiger partial charge in [-0.2, -0.15) is 0 Å². The van der Waals surface area contributed by atoms with Crippen molar-refractivity contribution in [1.82, 2.24) is 18.7 Å². The van der Waals surface area contributed by atoms with Crippen LogP contribution in [0.5, 0.6) is 0 Å². The van der Waals surface area contributed by atoms with E-state index in [0.29, 0.717) is 34.6 Å². The van der Waals surface area contributed by atoms with E-state index in [1.54, 1.807) is 19.2 Å². The van der Waals surface area contributed by atoms with Crippen molar-refractivity contribution >= 4 is 45.6 Å². The van der Waals surface area contributed by atoms with Crippen molar-refractivity contribution in [1.29, 1.82) is 0 Å². The van der Waals surface area contributed by atoms with Crippen LogP contribution in [0.1, 0.15) is 21.7 Å². The molecule has 5 rings (SSSR count). The van der Waals surface area contributed by atoms with E-state index in [1.165, 1.54) is 34.7 Å². The average Bonchev–Trinajstić information content (AvgIpc) is 3.46. The number of furan rings is 1. The summed E-state index contributed by atoms with van der Waals surface area (Å²) in [4.78, 5) is 30.8. The fraction of sp³-hybridized carbons (Fsp3) is 0.350. The molecule has 2 unspecified atom stereocenters. The first-order chi connectivity index (χ1) is 14.8. The molecule has 4 aromatic heterocycles. The van der Waals surface area contributed by atoms with Crippen LogP contribution in [0.15, 0.2) is 31.5 Å². The molecule has 0 spiro atoms. The second-order valence-electron chi connectivity index (χ2n) is 7.49. The standard InChI is InChI=1S/C20H19ClN4O4S2/c1-9-22-11(8-30-9)15-14-16(23(2)20(28)24(3)19(14)27)17-18(12-4-5-13(21)29-12)31-10(7-26)6-25(15)17/h4-5,8,10,18,26H,6-7H2,1-3H3. The van der Waals surface area contributed by atoms with Gasteiger partial charge in [-0.3, -0.25) is 13.9 Å². The summed E-state index contributed by atoms with van der Waals surface area (Å²) in [6.45, 7) is 2.33. The number of thioether (sulfide) groups is 1. The van der Waals surface area contributed by atoms with Gasteiger partial charge in [0.25, 0.3) is 5.56 Å². The summed E-state index contributed by atoms with van der Waals surface area (Å²) in [7, 11) is 3.14. The van der Waals surface area contributed by atoms with Crippen LogP contribution in [0.3, 0.4) is 0 Å². The maximum absolute atomic E-state index is 13.3. The van der Waals surface area contributed by atoms with Crippen molar-refractivity contribution in [2.45, 2.75) is 24.0 Å². The van der Waals surface area contributed by atoms with Crippen LogP contribution in [0.4, 0.5) is 0 Å². The molecule has 0 aromatic carbocycles. The fourth-order valence-corrected chi connectivity index (χ4v) is 6.29. The molecular weight excluding hydrogens is 460 g/mol. The van der Waals surface area contributed by atoms with Crippen LogP contribution in [-0.2, 0) is 20.6 Å². The molecule has 0 saturated heterocycles. The number of fused-ring (bicyclic) bond motifs is 3. The van der Waals surface area contributed by atoms with Crippen molar-refractivity contribution in [2.75, 3.05) is 6.61 Å². The highest BCUT2D eigenvalue weighted by molar-refractivity contribution is 8.00. The zero-order chi connectivity index (χ0) is 22.0. The number of halogens is 1. The Balaban J connectivity index is 1.96. The largest absolute Gasteiger partial charge is 0.448 e. The van der Waals surface area contributed by atoms with Gasteiger partial charge in [0.1, 0.15) is 11.0 Å². The molecule has 0 aliphatic carbocycles. The van der Waals surface area contributed by atoms with Gasteiger partial charge >= 0.3 is 5.69 Å². The van der Waals surface area contributed by atoms with Gasteiger partial charge in [0.2, 0.25) is 0 Å². The number of aliphatic hydroxyl groups is 1. The molecule has 162 valence electrons. The Kier molecular flexibility index (Phi) is 4.93. The Morgan fingerprint density at radius 1 is 1.29 bits per heavy atom. The minimum absolute atomic E-state index is 0.0456. The van der Waals surface area contributed by atoms with Gasteiger partial charge < -0.3 is 14.1 Å². The molecule has 0 saturated carbocycles. The van der Waals surface area contributed by atoms with E-state index < -0.39 is 5.69 Å². The first-order valence-electron chi connectivity index (χ1n) is 9.58. The second-order valence-corrected chi connectivity index (χ2v) is 10.3. The van der Waals surface area contributed by atoms with E-state index in [4.69, 9.17) is 16.0 Å². The van der Waals surface area contributed by atoms with E-state index in [9.17, 15) is 14.7 Å². The normalized spacial score (nSPS) is 18.6. The molecule has 1 aliphatic rings. The lowest BCUT2D eigenvalue weighted by Gasteiger charge is -2.30. The number of rotatable bonds is 3. The number of nitrogens with zero attached hydrogens (tertiary/aromatic N) is 4. The van der Waals surface area contributed by atoms with E-state index in [-0.39, 0.29) is 27.9 Å². The van der Waals surface area contributed by atoms with E-state index in [1.807, 2.05) is 16.9 Å². The third-order valence-electron chi connectivity index (χ3n) is 5.59. The van der Waals surface area contributed by atoms with E-state index >= 15 is 0 Å². The lowest BCUT2D eigenvalue weighted by molar-refractivity contribution is 0.283. The van der Waals surface area contributed by atoms with E-state index in [0.717, 1.165) is 15.3 Å². The van der Waals surface area contributed by atoms with Gasteiger partial charge in [-0.1, -0.05) is 0 Å². The molecular formula is C20H19ClN4O4S2. The minimum Gasteiger partial charge on any atom is -0.448 e. The number of thiazole rings is 1. The van der Waals surface area contributed by atoms with Gasteiger partial charge in [-0.25, -0.2) is 9.78 Å². The van der Waals surface area contributed by atoms with Crippen molar-refractivity contribution in [3.63, 3.8) is 0 Å². The van der Waals surface area contributed by atoms with Crippen LogP contribution in [0.2, 0.25) is 5.22 Å². The topological polar surface area (TPSA) is 95.2 Å². The smallest absolute Gasteiger partial charge is 0.331 e. The zero-order valence-corrected chi connectivity index (χ0v) is 19.3. The summed E-state index contributed by atoms with van der Waals surface area (Å²) in [6, 6.07) is 3.45. The third kappa shape index (κ3) is 3.04. The van der Waals surface area contributed by atoms with Crippen molar-refractivity contribution in [2.24, 2.45) is 14.1 Å². The molecule has 0 amide bonds. The Hall–Kier alpha value is -2.27. The highest BCUT2D eigenvalue weighted by Gasteiger charge is 2.38. The number of aryl methyl sites for hydroxylation is 2. The average molecular weight is 479 g/mol. The lowest BCUT2D eigenvalue weighted by atomic mass is 10.2. The third-order valence-corrected chi connectivity index (χ3v) is 7.97. The number of aromatic nitrogens is 4. The number of hydrogen-bond acceptors (Lipinski definition) is 7. The second kappa shape index (κ2) is 7.40. The monoisotopic (exact) mass is 478 g/mol. The van der Waals surface area contributed by atoms with Crippen LogP contribution >= 0.6 is 34.7 Å². The summed E-state index contributed by atoms with van der Waals surface area (Å²) in [6.07, 6.45) is 0. The summed E-state index contributed by atoms with van der Waals surface area (Å²) in [5.74, 6) is 0.600. The predicted octanol–water partition coefficient (Wildman–Crippen LogP) is 2.91. The van der Waals surface area contributed by atoms with Gasteiger partial charge in [-0.05, 0) is 30.7 Å².